The minimum absolute atomic E-state index is 0.0259. The van der Waals surface area contributed by atoms with E-state index >= 15 is 0 Å². The van der Waals surface area contributed by atoms with Crippen molar-refractivity contribution < 1.29 is 41.0 Å². The van der Waals surface area contributed by atoms with Gasteiger partial charge < -0.3 is 19.7 Å². The molecule has 1 atom stereocenters. The van der Waals surface area contributed by atoms with Gasteiger partial charge in [-0.15, -0.1) is 13.2 Å². The van der Waals surface area contributed by atoms with Crippen molar-refractivity contribution >= 4 is 28.6 Å². The Morgan fingerprint density at radius 1 is 0.974 bits per heavy atom. The Hall–Kier alpha value is -4.22. The molecule has 3 aromatic carbocycles. The first-order chi connectivity index (χ1) is 17.9. The van der Waals surface area contributed by atoms with Crippen LogP contribution in [0.3, 0.4) is 0 Å². The standard InChI is InChI=1S/C26H21F6N3O3/c27-25(28,29)15-22(17-4-2-1-3-5-17)35-21-12-6-16(7-13-23(36)37)14-20(21)34-24(35)33-18-8-10-19(11-9-18)38-26(30,31)32/h1-6,8-12,14,22H,7,13,15H2,(H,33,34)(H,36,37). The molecule has 0 aliphatic carbocycles. The molecule has 0 saturated heterocycles. The van der Waals surface area contributed by atoms with Crippen LogP contribution < -0.4 is 10.1 Å². The molecule has 0 amide bonds. The van der Waals surface area contributed by atoms with Gasteiger partial charge in [0.05, 0.1) is 23.5 Å². The van der Waals surface area contributed by atoms with Gasteiger partial charge in [0.25, 0.3) is 0 Å². The predicted molar refractivity (Wildman–Crippen MR) is 127 cm³/mol. The molecule has 4 rings (SSSR count). The largest absolute Gasteiger partial charge is 0.573 e. The first-order valence-electron chi connectivity index (χ1n) is 11.4. The lowest BCUT2D eigenvalue weighted by Crippen LogP contribution is -2.21. The summed E-state index contributed by atoms with van der Waals surface area (Å²) in [6.45, 7) is 0. The van der Waals surface area contributed by atoms with Crippen LogP contribution in [0, 0.1) is 0 Å². The molecule has 0 fully saturated rings. The van der Waals surface area contributed by atoms with E-state index in [0.29, 0.717) is 22.2 Å². The summed E-state index contributed by atoms with van der Waals surface area (Å²) in [7, 11) is 0. The van der Waals surface area contributed by atoms with Crippen molar-refractivity contribution in [3.05, 3.63) is 83.9 Å². The third-order valence-corrected chi connectivity index (χ3v) is 5.65. The highest BCUT2D eigenvalue weighted by Gasteiger charge is 2.35. The Labute approximate surface area is 212 Å². The van der Waals surface area contributed by atoms with Gasteiger partial charge in [-0.3, -0.25) is 4.79 Å². The van der Waals surface area contributed by atoms with Crippen LogP contribution >= 0.6 is 0 Å². The number of fused-ring (bicyclic) bond motifs is 1. The van der Waals surface area contributed by atoms with Gasteiger partial charge in [0.2, 0.25) is 5.95 Å². The maximum atomic E-state index is 13.7. The van der Waals surface area contributed by atoms with Crippen LogP contribution in [0.5, 0.6) is 5.75 Å². The van der Waals surface area contributed by atoms with Gasteiger partial charge in [0.1, 0.15) is 5.75 Å². The zero-order valence-corrected chi connectivity index (χ0v) is 19.6. The van der Waals surface area contributed by atoms with Crippen molar-refractivity contribution in [1.29, 1.82) is 0 Å². The van der Waals surface area contributed by atoms with Gasteiger partial charge in [-0.05, 0) is 53.9 Å². The molecule has 2 N–H and O–H groups in total. The van der Waals surface area contributed by atoms with Crippen LogP contribution in [0.25, 0.3) is 11.0 Å². The van der Waals surface area contributed by atoms with E-state index in [0.717, 1.165) is 12.1 Å². The molecule has 0 saturated carbocycles. The van der Waals surface area contributed by atoms with Crippen molar-refractivity contribution in [2.45, 2.75) is 37.8 Å². The predicted octanol–water partition coefficient (Wildman–Crippen LogP) is 7.24. The average molecular weight is 537 g/mol. The SMILES string of the molecule is O=C(O)CCc1ccc2c(c1)nc(Nc1ccc(OC(F)(F)F)cc1)n2C(CC(F)(F)F)c1ccccc1. The van der Waals surface area contributed by atoms with Crippen LogP contribution in [-0.2, 0) is 11.2 Å². The van der Waals surface area contributed by atoms with Crippen molar-refractivity contribution in [3.63, 3.8) is 0 Å². The van der Waals surface area contributed by atoms with Crippen molar-refractivity contribution in [1.82, 2.24) is 9.55 Å². The second-order valence-corrected chi connectivity index (χ2v) is 8.47. The molecule has 1 unspecified atom stereocenters. The highest BCUT2D eigenvalue weighted by Crippen LogP contribution is 2.38. The summed E-state index contributed by atoms with van der Waals surface area (Å²) in [5, 5.41) is 11.9. The molecule has 200 valence electrons. The number of hydrogen-bond donors (Lipinski definition) is 2. The molecule has 0 aliphatic heterocycles. The van der Waals surface area contributed by atoms with E-state index in [9.17, 15) is 31.1 Å². The number of aliphatic carboxylic acids is 1. The molecule has 38 heavy (non-hydrogen) atoms. The monoisotopic (exact) mass is 537 g/mol. The van der Waals surface area contributed by atoms with E-state index in [2.05, 4.69) is 15.0 Å². The first-order valence-corrected chi connectivity index (χ1v) is 11.4. The third kappa shape index (κ3) is 6.96. The quantitative estimate of drug-likeness (QED) is 0.220. The average Bonchev–Trinajstić information content (AvgIpc) is 3.18. The van der Waals surface area contributed by atoms with E-state index in [4.69, 9.17) is 5.11 Å². The third-order valence-electron chi connectivity index (χ3n) is 5.65. The number of rotatable bonds is 9. The molecule has 0 radical (unpaired) electrons. The molecule has 0 spiro atoms. The number of nitrogens with zero attached hydrogens (tertiary/aromatic N) is 2. The topological polar surface area (TPSA) is 76.4 Å². The number of nitrogens with one attached hydrogen (secondary N) is 1. The van der Waals surface area contributed by atoms with Crippen LogP contribution in [0.2, 0.25) is 0 Å². The molecule has 1 heterocycles. The molecule has 0 bridgehead atoms. The number of ether oxygens (including phenoxy) is 1. The highest BCUT2D eigenvalue weighted by atomic mass is 19.4. The van der Waals surface area contributed by atoms with Crippen LogP contribution in [0.4, 0.5) is 38.0 Å². The molecular weight excluding hydrogens is 516 g/mol. The summed E-state index contributed by atoms with van der Waals surface area (Å²) >= 11 is 0. The van der Waals surface area contributed by atoms with E-state index in [-0.39, 0.29) is 24.5 Å². The Balaban J connectivity index is 1.80. The summed E-state index contributed by atoms with van der Waals surface area (Å²) in [6, 6.07) is 16.3. The van der Waals surface area contributed by atoms with E-state index in [1.807, 2.05) is 0 Å². The smallest absolute Gasteiger partial charge is 0.481 e. The maximum Gasteiger partial charge on any atom is 0.573 e. The summed E-state index contributed by atoms with van der Waals surface area (Å²) in [6.07, 6.45) is -10.6. The van der Waals surface area contributed by atoms with E-state index in [1.54, 1.807) is 48.5 Å². The lowest BCUT2D eigenvalue weighted by Gasteiger charge is -2.24. The van der Waals surface area contributed by atoms with Crippen molar-refractivity contribution in [2.75, 3.05) is 5.32 Å². The molecule has 12 heteroatoms. The number of benzene rings is 3. The minimum Gasteiger partial charge on any atom is -0.481 e. The van der Waals surface area contributed by atoms with Crippen molar-refractivity contribution in [2.24, 2.45) is 0 Å². The fourth-order valence-electron chi connectivity index (χ4n) is 4.08. The number of carboxylic acid groups (broad SMARTS) is 1. The van der Waals surface area contributed by atoms with Crippen LogP contribution in [-0.4, -0.2) is 33.2 Å². The van der Waals surface area contributed by atoms with Gasteiger partial charge in [-0.1, -0.05) is 36.4 Å². The number of aromatic nitrogens is 2. The normalized spacial score (nSPS) is 12.9. The van der Waals surface area contributed by atoms with E-state index in [1.165, 1.54) is 16.7 Å². The number of anilines is 2. The number of imidazole rings is 1. The van der Waals surface area contributed by atoms with Crippen molar-refractivity contribution in [3.8, 4) is 5.75 Å². The molecule has 4 aromatic rings. The number of carboxylic acids is 1. The zero-order chi connectivity index (χ0) is 27.5. The second-order valence-electron chi connectivity index (χ2n) is 8.47. The van der Waals surface area contributed by atoms with Crippen LogP contribution in [0.1, 0.15) is 30.0 Å². The lowest BCUT2D eigenvalue weighted by atomic mass is 10.0. The zero-order valence-electron chi connectivity index (χ0n) is 19.6. The van der Waals surface area contributed by atoms with Gasteiger partial charge in [0.15, 0.2) is 0 Å². The Morgan fingerprint density at radius 3 is 2.26 bits per heavy atom. The second kappa shape index (κ2) is 10.6. The van der Waals surface area contributed by atoms with Crippen LogP contribution in [0.15, 0.2) is 72.8 Å². The lowest BCUT2D eigenvalue weighted by molar-refractivity contribution is -0.274. The van der Waals surface area contributed by atoms with E-state index < -0.39 is 36.7 Å². The fraction of sp³-hybridized carbons (Fsp3) is 0.231. The molecular formula is C26H21F6N3O3. The number of alkyl halides is 6. The Morgan fingerprint density at radius 2 is 1.66 bits per heavy atom. The Kier molecular flexibility index (Phi) is 7.51. The maximum absolute atomic E-state index is 13.7. The molecule has 6 nitrogen and oxygen atoms in total. The van der Waals surface area contributed by atoms with Gasteiger partial charge >= 0.3 is 18.5 Å². The minimum atomic E-state index is -4.87. The van der Waals surface area contributed by atoms with Gasteiger partial charge in [-0.25, -0.2) is 4.98 Å². The Bertz CT molecular complexity index is 1400. The molecule has 0 aliphatic rings. The number of carbonyl (C=O) groups is 1. The summed E-state index contributed by atoms with van der Waals surface area (Å²) in [5.74, 6) is -1.43. The summed E-state index contributed by atoms with van der Waals surface area (Å²) in [5.41, 5.74) is 1.96. The summed E-state index contributed by atoms with van der Waals surface area (Å²) in [4.78, 5) is 15.4. The number of aryl methyl sites for hydroxylation is 1. The highest BCUT2D eigenvalue weighted by molar-refractivity contribution is 5.81. The van der Waals surface area contributed by atoms with Gasteiger partial charge in [0, 0.05) is 12.1 Å². The summed E-state index contributed by atoms with van der Waals surface area (Å²) < 4.78 is 84.0. The first kappa shape index (κ1) is 26.8. The molecule has 1 aromatic heterocycles. The number of hydrogen-bond acceptors (Lipinski definition) is 4. The number of halogens is 6. The van der Waals surface area contributed by atoms with Gasteiger partial charge in [-0.2, -0.15) is 13.2 Å². The fourth-order valence-corrected chi connectivity index (χ4v) is 4.08.